The zero-order valence-corrected chi connectivity index (χ0v) is 9.55. The fraction of sp³-hybridized carbons (Fsp3) is 0.909. The Morgan fingerprint density at radius 3 is 2.46 bits per heavy atom. The van der Waals surface area contributed by atoms with E-state index in [0.29, 0.717) is 0 Å². The van der Waals surface area contributed by atoms with E-state index < -0.39 is 0 Å². The van der Waals surface area contributed by atoms with Crippen LogP contribution in [0.4, 0.5) is 0 Å². The van der Waals surface area contributed by atoms with Crippen LogP contribution in [0.1, 0.15) is 39.5 Å². The van der Waals surface area contributed by atoms with Crippen LogP contribution in [0.25, 0.3) is 0 Å². The molecule has 0 amide bonds. The summed E-state index contributed by atoms with van der Waals surface area (Å²) in [7, 11) is 3.96. The Balaban J connectivity index is 3.53. The SMILES string of the molecule is CCCCC(CC)COC=[N+](C)C. The van der Waals surface area contributed by atoms with Crippen LogP contribution < -0.4 is 0 Å². The minimum atomic E-state index is 0.733. The van der Waals surface area contributed by atoms with Crippen molar-refractivity contribution in [3.63, 3.8) is 0 Å². The fourth-order valence-corrected chi connectivity index (χ4v) is 1.23. The molecule has 0 N–H and O–H groups in total. The summed E-state index contributed by atoms with van der Waals surface area (Å²) in [5.74, 6) is 0.733. The molecule has 0 radical (unpaired) electrons. The second-order valence-corrected chi connectivity index (χ2v) is 3.82. The third kappa shape index (κ3) is 7.82. The third-order valence-electron chi connectivity index (χ3n) is 2.16. The van der Waals surface area contributed by atoms with Gasteiger partial charge in [-0.15, -0.1) is 0 Å². The summed E-state index contributed by atoms with van der Waals surface area (Å²) in [5.41, 5.74) is 0. The van der Waals surface area contributed by atoms with Gasteiger partial charge in [0, 0.05) is 0 Å². The third-order valence-corrected chi connectivity index (χ3v) is 2.16. The van der Waals surface area contributed by atoms with E-state index in [0.717, 1.165) is 12.5 Å². The molecular weight excluding hydrogens is 162 g/mol. The van der Waals surface area contributed by atoms with Gasteiger partial charge in [-0.1, -0.05) is 33.1 Å². The van der Waals surface area contributed by atoms with Crippen LogP contribution in [0.5, 0.6) is 0 Å². The van der Waals surface area contributed by atoms with Crippen LogP contribution in [-0.4, -0.2) is 31.7 Å². The largest absolute Gasteiger partial charge is 0.450 e. The van der Waals surface area contributed by atoms with Crippen LogP contribution >= 0.6 is 0 Å². The molecule has 0 aromatic carbocycles. The lowest BCUT2D eigenvalue weighted by Gasteiger charge is -2.11. The predicted octanol–water partition coefficient (Wildman–Crippen LogP) is 2.52. The van der Waals surface area contributed by atoms with Crippen LogP contribution in [0.15, 0.2) is 0 Å². The van der Waals surface area contributed by atoms with E-state index in [1.807, 2.05) is 18.7 Å². The molecule has 0 aromatic heterocycles. The number of unbranched alkanes of at least 4 members (excludes halogenated alkanes) is 1. The van der Waals surface area contributed by atoms with Gasteiger partial charge in [-0.3, -0.25) is 0 Å². The molecule has 0 rings (SSSR count). The van der Waals surface area contributed by atoms with E-state index in [1.54, 1.807) is 6.40 Å². The number of nitrogens with zero attached hydrogens (tertiary/aromatic N) is 1. The van der Waals surface area contributed by atoms with Crippen molar-refractivity contribution in [2.24, 2.45) is 5.92 Å². The molecule has 0 aliphatic heterocycles. The first-order valence-corrected chi connectivity index (χ1v) is 5.32. The Morgan fingerprint density at radius 2 is 2.00 bits per heavy atom. The molecule has 0 aliphatic carbocycles. The average molecular weight is 186 g/mol. The van der Waals surface area contributed by atoms with Gasteiger partial charge in [-0.25, -0.2) is 4.58 Å². The molecule has 0 saturated carbocycles. The van der Waals surface area contributed by atoms with Gasteiger partial charge in [-0.05, 0) is 12.3 Å². The maximum atomic E-state index is 5.45. The van der Waals surface area contributed by atoms with Crippen LogP contribution in [0.3, 0.4) is 0 Å². The molecule has 0 aromatic rings. The number of rotatable bonds is 7. The monoisotopic (exact) mass is 186 g/mol. The van der Waals surface area contributed by atoms with Crippen molar-refractivity contribution in [2.45, 2.75) is 39.5 Å². The van der Waals surface area contributed by atoms with Gasteiger partial charge in [0.25, 0.3) is 0 Å². The summed E-state index contributed by atoms with van der Waals surface area (Å²) in [6.45, 7) is 5.34. The van der Waals surface area contributed by atoms with Gasteiger partial charge in [0.2, 0.25) is 0 Å². The molecule has 0 bridgehead atoms. The van der Waals surface area contributed by atoms with Gasteiger partial charge in [0.15, 0.2) is 0 Å². The number of hydrogen-bond acceptors (Lipinski definition) is 1. The van der Waals surface area contributed by atoms with Gasteiger partial charge in [0.1, 0.15) is 14.1 Å². The number of hydrogen-bond donors (Lipinski definition) is 0. The molecule has 0 fully saturated rings. The second-order valence-electron chi connectivity index (χ2n) is 3.82. The Bertz CT molecular complexity index is 139. The molecule has 2 nitrogen and oxygen atoms in total. The molecule has 1 unspecified atom stereocenters. The standard InChI is InChI=1S/C11H24NO/c1-5-7-8-11(6-2)9-13-10-12(3)4/h10-11H,5-9H2,1-4H3/q+1. The van der Waals surface area contributed by atoms with Crippen molar-refractivity contribution in [1.29, 1.82) is 0 Å². The Hall–Kier alpha value is -0.530. The quantitative estimate of drug-likeness (QED) is 0.338. The predicted molar refractivity (Wildman–Crippen MR) is 57.4 cm³/mol. The first kappa shape index (κ1) is 12.5. The zero-order chi connectivity index (χ0) is 10.1. The van der Waals surface area contributed by atoms with E-state index in [4.69, 9.17) is 4.74 Å². The fourth-order valence-electron chi connectivity index (χ4n) is 1.23. The van der Waals surface area contributed by atoms with E-state index in [2.05, 4.69) is 13.8 Å². The molecule has 1 atom stereocenters. The van der Waals surface area contributed by atoms with Gasteiger partial charge >= 0.3 is 6.40 Å². The first-order chi connectivity index (χ1) is 6.20. The molecule has 0 heterocycles. The summed E-state index contributed by atoms with van der Waals surface area (Å²) in [5, 5.41) is 0. The highest BCUT2D eigenvalue weighted by Crippen LogP contribution is 2.12. The van der Waals surface area contributed by atoms with Crippen molar-refractivity contribution in [1.82, 2.24) is 0 Å². The minimum absolute atomic E-state index is 0.733. The summed E-state index contributed by atoms with van der Waals surface area (Å²) < 4.78 is 7.38. The Morgan fingerprint density at radius 1 is 1.31 bits per heavy atom. The van der Waals surface area contributed by atoms with Crippen LogP contribution in [0, 0.1) is 5.92 Å². The average Bonchev–Trinajstić information content (AvgIpc) is 2.10. The lowest BCUT2D eigenvalue weighted by molar-refractivity contribution is -0.468. The van der Waals surface area contributed by atoms with E-state index >= 15 is 0 Å². The highest BCUT2D eigenvalue weighted by molar-refractivity contribution is 5.38. The van der Waals surface area contributed by atoms with E-state index in [-0.39, 0.29) is 0 Å². The molecule has 0 saturated heterocycles. The summed E-state index contributed by atoms with van der Waals surface area (Å²) in [4.78, 5) is 0. The number of ether oxygens (including phenoxy) is 1. The van der Waals surface area contributed by atoms with Crippen LogP contribution in [0.2, 0.25) is 0 Å². The van der Waals surface area contributed by atoms with Gasteiger partial charge < -0.3 is 4.74 Å². The van der Waals surface area contributed by atoms with Crippen LogP contribution in [-0.2, 0) is 4.74 Å². The van der Waals surface area contributed by atoms with Crippen molar-refractivity contribution in [3.8, 4) is 0 Å². The van der Waals surface area contributed by atoms with E-state index in [9.17, 15) is 0 Å². The topological polar surface area (TPSA) is 12.2 Å². The zero-order valence-electron chi connectivity index (χ0n) is 9.55. The maximum absolute atomic E-state index is 5.45. The molecular formula is C11H24NO+. The second kappa shape index (κ2) is 8.09. The van der Waals surface area contributed by atoms with Crippen molar-refractivity contribution < 1.29 is 9.31 Å². The lowest BCUT2D eigenvalue weighted by Crippen LogP contribution is -2.11. The first-order valence-electron chi connectivity index (χ1n) is 5.32. The molecule has 78 valence electrons. The lowest BCUT2D eigenvalue weighted by atomic mass is 10.0. The van der Waals surface area contributed by atoms with Gasteiger partial charge in [0.05, 0.1) is 6.61 Å². The molecule has 2 heteroatoms. The molecule has 13 heavy (non-hydrogen) atoms. The maximum Gasteiger partial charge on any atom is 0.323 e. The summed E-state index contributed by atoms with van der Waals surface area (Å²) >= 11 is 0. The highest BCUT2D eigenvalue weighted by atomic mass is 16.5. The van der Waals surface area contributed by atoms with Crippen molar-refractivity contribution >= 4 is 6.40 Å². The molecule has 0 spiro atoms. The Labute approximate surface area is 82.6 Å². The summed E-state index contributed by atoms with van der Waals surface area (Å²) in [6, 6.07) is 0. The minimum Gasteiger partial charge on any atom is -0.450 e. The molecule has 0 aliphatic rings. The van der Waals surface area contributed by atoms with Crippen molar-refractivity contribution in [2.75, 3.05) is 20.7 Å². The van der Waals surface area contributed by atoms with E-state index in [1.165, 1.54) is 25.7 Å². The van der Waals surface area contributed by atoms with Crippen molar-refractivity contribution in [3.05, 3.63) is 0 Å². The van der Waals surface area contributed by atoms with Gasteiger partial charge in [-0.2, -0.15) is 0 Å². The summed E-state index contributed by atoms with van der Waals surface area (Å²) in [6.07, 6.45) is 6.92. The normalized spacial score (nSPS) is 12.3. The Kier molecular flexibility index (Phi) is 7.76. The highest BCUT2D eigenvalue weighted by Gasteiger charge is 2.05. The smallest absolute Gasteiger partial charge is 0.323 e.